The second-order valence-corrected chi connectivity index (χ2v) is 6.71. The van der Waals surface area contributed by atoms with Crippen molar-refractivity contribution < 1.29 is 0 Å². The van der Waals surface area contributed by atoms with Crippen LogP contribution >= 0.6 is 12.2 Å². The molecule has 0 aliphatic heterocycles. The largest absolute Gasteiger partial charge is 0.389 e. The van der Waals surface area contributed by atoms with Gasteiger partial charge in [0.15, 0.2) is 0 Å². The van der Waals surface area contributed by atoms with Crippen LogP contribution < -0.4 is 11.1 Å². The zero-order chi connectivity index (χ0) is 14.5. The minimum absolute atomic E-state index is 0.475. The molecule has 1 saturated carbocycles. The predicted molar refractivity (Wildman–Crippen MR) is 91.3 cm³/mol. The number of nitrogens with two attached hydrogens (primary N) is 1. The Kier molecular flexibility index (Phi) is 5.41. The molecule has 1 aromatic rings. The molecule has 1 aromatic carbocycles. The summed E-state index contributed by atoms with van der Waals surface area (Å²) < 4.78 is 0. The number of rotatable bonds is 5. The van der Waals surface area contributed by atoms with E-state index < -0.39 is 0 Å². The lowest BCUT2D eigenvalue weighted by Crippen LogP contribution is -2.18. The van der Waals surface area contributed by atoms with Crippen LogP contribution in [0.25, 0.3) is 0 Å². The molecule has 2 unspecified atom stereocenters. The van der Waals surface area contributed by atoms with Gasteiger partial charge in [0.2, 0.25) is 0 Å². The summed E-state index contributed by atoms with van der Waals surface area (Å²) in [6.45, 7) is 5.45. The Morgan fingerprint density at radius 1 is 1.40 bits per heavy atom. The first kappa shape index (κ1) is 15.3. The number of aryl methyl sites for hydroxylation is 1. The van der Waals surface area contributed by atoms with Crippen molar-refractivity contribution in [3.8, 4) is 0 Å². The highest BCUT2D eigenvalue weighted by atomic mass is 32.1. The van der Waals surface area contributed by atoms with E-state index in [4.69, 9.17) is 18.0 Å². The van der Waals surface area contributed by atoms with E-state index in [0.29, 0.717) is 4.99 Å². The summed E-state index contributed by atoms with van der Waals surface area (Å²) in [4.78, 5) is 0.475. The SMILES string of the molecule is Cc1ccc(NCCC2CCCC(C)C2)c(C(N)=S)c1. The quantitative estimate of drug-likeness (QED) is 0.796. The first-order valence-electron chi connectivity index (χ1n) is 7.70. The van der Waals surface area contributed by atoms with Gasteiger partial charge in [-0.05, 0) is 43.7 Å². The summed E-state index contributed by atoms with van der Waals surface area (Å²) in [7, 11) is 0. The van der Waals surface area contributed by atoms with Crippen molar-refractivity contribution in [3.05, 3.63) is 29.3 Å². The Hall–Kier alpha value is -1.09. The maximum absolute atomic E-state index is 5.81. The van der Waals surface area contributed by atoms with Gasteiger partial charge in [0.25, 0.3) is 0 Å². The van der Waals surface area contributed by atoms with Gasteiger partial charge < -0.3 is 11.1 Å². The first-order valence-corrected chi connectivity index (χ1v) is 8.11. The molecule has 1 aliphatic carbocycles. The van der Waals surface area contributed by atoms with E-state index in [0.717, 1.165) is 29.6 Å². The van der Waals surface area contributed by atoms with E-state index in [2.05, 4.69) is 37.4 Å². The average molecular weight is 290 g/mol. The van der Waals surface area contributed by atoms with E-state index in [-0.39, 0.29) is 0 Å². The molecule has 20 heavy (non-hydrogen) atoms. The molecular weight excluding hydrogens is 264 g/mol. The third-order valence-corrected chi connectivity index (χ3v) is 4.57. The second kappa shape index (κ2) is 7.07. The normalized spacial score (nSPS) is 22.5. The highest BCUT2D eigenvalue weighted by Gasteiger charge is 2.18. The fraction of sp³-hybridized carbons (Fsp3) is 0.588. The van der Waals surface area contributed by atoms with E-state index in [1.54, 1.807) is 0 Å². The van der Waals surface area contributed by atoms with Crippen molar-refractivity contribution in [3.63, 3.8) is 0 Å². The monoisotopic (exact) mass is 290 g/mol. The smallest absolute Gasteiger partial charge is 0.106 e. The maximum Gasteiger partial charge on any atom is 0.106 e. The van der Waals surface area contributed by atoms with Gasteiger partial charge in [0, 0.05) is 17.8 Å². The van der Waals surface area contributed by atoms with Gasteiger partial charge in [-0.3, -0.25) is 0 Å². The van der Waals surface area contributed by atoms with Crippen LogP contribution in [0.5, 0.6) is 0 Å². The third-order valence-electron chi connectivity index (χ3n) is 4.35. The average Bonchev–Trinajstić information content (AvgIpc) is 2.40. The topological polar surface area (TPSA) is 38.0 Å². The van der Waals surface area contributed by atoms with Crippen molar-refractivity contribution in [1.29, 1.82) is 0 Å². The third kappa shape index (κ3) is 4.20. The van der Waals surface area contributed by atoms with Crippen LogP contribution in [0.2, 0.25) is 0 Å². The Morgan fingerprint density at radius 3 is 2.90 bits per heavy atom. The highest BCUT2D eigenvalue weighted by molar-refractivity contribution is 7.80. The van der Waals surface area contributed by atoms with Crippen molar-refractivity contribution in [2.75, 3.05) is 11.9 Å². The van der Waals surface area contributed by atoms with Crippen molar-refractivity contribution >= 4 is 22.9 Å². The van der Waals surface area contributed by atoms with Crippen molar-refractivity contribution in [2.45, 2.75) is 46.0 Å². The lowest BCUT2D eigenvalue weighted by molar-refractivity contribution is 0.274. The van der Waals surface area contributed by atoms with E-state index in [1.807, 2.05) is 0 Å². The number of thiocarbonyl (C=S) groups is 1. The molecule has 1 fully saturated rings. The Morgan fingerprint density at radius 2 is 2.20 bits per heavy atom. The minimum Gasteiger partial charge on any atom is -0.389 e. The van der Waals surface area contributed by atoms with Gasteiger partial charge in [-0.15, -0.1) is 0 Å². The lowest BCUT2D eigenvalue weighted by atomic mass is 9.81. The fourth-order valence-corrected chi connectivity index (χ4v) is 3.42. The fourth-order valence-electron chi connectivity index (χ4n) is 3.25. The minimum atomic E-state index is 0.475. The summed E-state index contributed by atoms with van der Waals surface area (Å²) in [6.07, 6.45) is 6.83. The van der Waals surface area contributed by atoms with Gasteiger partial charge >= 0.3 is 0 Å². The standard InChI is InChI=1S/C17H26N2S/c1-12-4-3-5-14(10-12)8-9-19-16-7-6-13(2)11-15(16)17(18)20/h6-7,11-12,14,19H,3-5,8-10H2,1-2H3,(H2,18,20). The van der Waals surface area contributed by atoms with Crippen molar-refractivity contribution in [2.24, 2.45) is 17.6 Å². The van der Waals surface area contributed by atoms with Gasteiger partial charge in [-0.25, -0.2) is 0 Å². The van der Waals surface area contributed by atoms with Gasteiger partial charge in [0.1, 0.15) is 4.99 Å². The maximum atomic E-state index is 5.81. The first-order chi connectivity index (χ1) is 9.56. The van der Waals surface area contributed by atoms with Crippen LogP contribution in [0.1, 0.15) is 50.2 Å². The molecule has 2 nitrogen and oxygen atoms in total. The van der Waals surface area contributed by atoms with Crippen LogP contribution in [0.15, 0.2) is 18.2 Å². The second-order valence-electron chi connectivity index (χ2n) is 6.27. The molecule has 3 N–H and O–H groups in total. The van der Waals surface area contributed by atoms with E-state index in [1.165, 1.54) is 37.7 Å². The number of hydrogen-bond acceptors (Lipinski definition) is 2. The Balaban J connectivity index is 1.89. The molecular formula is C17H26N2S. The highest BCUT2D eigenvalue weighted by Crippen LogP contribution is 2.30. The molecule has 0 amide bonds. The van der Waals surface area contributed by atoms with Crippen LogP contribution in [-0.4, -0.2) is 11.5 Å². The molecule has 0 bridgehead atoms. The predicted octanol–water partition coefficient (Wildman–Crippen LogP) is 4.26. The van der Waals surface area contributed by atoms with Gasteiger partial charge in [-0.2, -0.15) is 0 Å². The van der Waals surface area contributed by atoms with Crippen LogP contribution in [0.4, 0.5) is 5.69 Å². The summed E-state index contributed by atoms with van der Waals surface area (Å²) in [5.74, 6) is 1.78. The van der Waals surface area contributed by atoms with Crippen LogP contribution in [0.3, 0.4) is 0 Å². The summed E-state index contributed by atoms with van der Waals surface area (Å²) >= 11 is 5.14. The van der Waals surface area contributed by atoms with Gasteiger partial charge in [0.05, 0.1) is 0 Å². The molecule has 0 radical (unpaired) electrons. The molecule has 0 aromatic heterocycles. The Labute approximate surface area is 128 Å². The molecule has 2 atom stereocenters. The van der Waals surface area contributed by atoms with Gasteiger partial charge in [-0.1, -0.05) is 50.0 Å². The zero-order valence-electron chi connectivity index (χ0n) is 12.6. The zero-order valence-corrected chi connectivity index (χ0v) is 13.4. The van der Waals surface area contributed by atoms with E-state index in [9.17, 15) is 0 Å². The number of anilines is 1. The van der Waals surface area contributed by atoms with E-state index >= 15 is 0 Å². The number of benzene rings is 1. The molecule has 1 aliphatic rings. The molecule has 0 spiro atoms. The number of nitrogens with one attached hydrogen (secondary N) is 1. The number of hydrogen-bond donors (Lipinski definition) is 2. The Bertz CT molecular complexity index is 470. The molecule has 2 rings (SSSR count). The van der Waals surface area contributed by atoms with Crippen LogP contribution in [-0.2, 0) is 0 Å². The summed E-state index contributed by atoms with van der Waals surface area (Å²) in [5, 5.41) is 3.52. The molecule has 3 heteroatoms. The lowest BCUT2D eigenvalue weighted by Gasteiger charge is -2.27. The molecule has 0 saturated heterocycles. The van der Waals surface area contributed by atoms with Crippen LogP contribution in [0, 0.1) is 18.8 Å². The molecule has 0 heterocycles. The molecule has 110 valence electrons. The summed E-state index contributed by atoms with van der Waals surface area (Å²) in [5.41, 5.74) is 9.05. The van der Waals surface area contributed by atoms with Crippen molar-refractivity contribution in [1.82, 2.24) is 0 Å². The summed E-state index contributed by atoms with van der Waals surface area (Å²) in [6, 6.07) is 6.26.